The van der Waals surface area contributed by atoms with Crippen molar-refractivity contribution in [3.8, 4) is 0 Å². The van der Waals surface area contributed by atoms with Gasteiger partial charge in [0.15, 0.2) is 6.10 Å². The number of halogens is 1. The van der Waals surface area contributed by atoms with Gasteiger partial charge < -0.3 is 23.6 Å². The van der Waals surface area contributed by atoms with Crippen molar-refractivity contribution in [1.82, 2.24) is 9.80 Å². The summed E-state index contributed by atoms with van der Waals surface area (Å²) in [5, 5.41) is 9.74. The monoisotopic (exact) mass is 389 g/mol. The quantitative estimate of drug-likeness (QED) is 0.531. The first kappa shape index (κ1) is 18.9. The van der Waals surface area contributed by atoms with Crippen molar-refractivity contribution in [2.45, 2.75) is 24.4 Å². The summed E-state index contributed by atoms with van der Waals surface area (Å²) in [5.41, 5.74) is 0.552. The second-order valence-electron chi connectivity index (χ2n) is 6.37. The van der Waals surface area contributed by atoms with E-state index in [1.54, 1.807) is 11.0 Å². The molecule has 0 N–H and O–H groups in total. The molecule has 0 bridgehead atoms. The lowest BCUT2D eigenvalue weighted by Gasteiger charge is -2.38. The van der Waals surface area contributed by atoms with Crippen LogP contribution in [0.15, 0.2) is 23.0 Å². The van der Waals surface area contributed by atoms with E-state index in [4.69, 9.17) is 13.9 Å². The number of hydrogen-bond acceptors (Lipinski definition) is 8. The average Bonchev–Trinajstić information content (AvgIpc) is 3.33. The molecule has 1 aromatic rings. The van der Waals surface area contributed by atoms with Gasteiger partial charge in [0, 0.05) is 26.2 Å². The second kappa shape index (κ2) is 7.78. The molecular formula is C15H20ClN3O7. The lowest BCUT2D eigenvalue weighted by Crippen LogP contribution is -2.55. The summed E-state index contributed by atoms with van der Waals surface area (Å²) >= 11 is 0. The minimum Gasteiger partial charge on any atom is -0.472 e. The van der Waals surface area contributed by atoms with E-state index in [-0.39, 0.29) is 37.1 Å². The van der Waals surface area contributed by atoms with Gasteiger partial charge in [0.05, 0.1) is 31.1 Å². The van der Waals surface area contributed by atoms with E-state index in [0.717, 1.165) is 0 Å². The van der Waals surface area contributed by atoms with E-state index in [1.165, 1.54) is 12.5 Å². The first-order chi connectivity index (χ1) is 12.1. The first-order valence-corrected chi connectivity index (χ1v) is 8.23. The Morgan fingerprint density at radius 3 is 2.58 bits per heavy atom. The van der Waals surface area contributed by atoms with Crippen molar-refractivity contribution >= 4 is 18.3 Å². The number of hydrogen-bond donors (Lipinski definition) is 0. The van der Waals surface area contributed by atoms with Crippen molar-refractivity contribution in [2.75, 3.05) is 39.4 Å². The first-order valence-electron chi connectivity index (χ1n) is 8.23. The number of fused-ring (bicyclic) bond motifs is 1. The van der Waals surface area contributed by atoms with E-state index >= 15 is 0 Å². The minimum atomic E-state index is -0.798. The zero-order chi connectivity index (χ0) is 17.4. The molecule has 0 spiro atoms. The summed E-state index contributed by atoms with van der Waals surface area (Å²) in [6, 6.07) is 1.68. The van der Waals surface area contributed by atoms with Crippen LogP contribution in [0.5, 0.6) is 0 Å². The topological polar surface area (TPSA) is 108 Å². The smallest absolute Gasteiger partial charge is 0.294 e. The third kappa shape index (κ3) is 3.50. The van der Waals surface area contributed by atoms with Crippen LogP contribution in [0.4, 0.5) is 0 Å². The highest BCUT2D eigenvalue weighted by Gasteiger charge is 2.51. The summed E-state index contributed by atoms with van der Waals surface area (Å²) in [7, 11) is 0. The van der Waals surface area contributed by atoms with E-state index in [1.807, 2.05) is 0 Å². The van der Waals surface area contributed by atoms with E-state index in [0.29, 0.717) is 38.3 Å². The SMILES string of the molecule is Cl.O=C(c1ccoc1)N1CCN([C@H]2CO[C@H]3[C@@H]2OC[C@@H]3O[N+](=O)[O-])CC1. The van der Waals surface area contributed by atoms with Crippen molar-refractivity contribution in [1.29, 1.82) is 0 Å². The van der Waals surface area contributed by atoms with Gasteiger partial charge >= 0.3 is 0 Å². The molecule has 0 radical (unpaired) electrons. The molecule has 4 atom stereocenters. The molecular weight excluding hydrogens is 370 g/mol. The molecule has 0 saturated carbocycles. The number of piperazine rings is 1. The van der Waals surface area contributed by atoms with Gasteiger partial charge in [-0.05, 0) is 6.07 Å². The van der Waals surface area contributed by atoms with Crippen molar-refractivity contribution in [2.24, 2.45) is 0 Å². The van der Waals surface area contributed by atoms with Crippen LogP contribution in [0, 0.1) is 10.1 Å². The number of ether oxygens (including phenoxy) is 2. The predicted octanol–water partition coefficient (Wildman–Crippen LogP) is 0.202. The van der Waals surface area contributed by atoms with Crippen LogP contribution in [0.2, 0.25) is 0 Å². The summed E-state index contributed by atoms with van der Waals surface area (Å²) < 4.78 is 16.4. The Labute approximate surface area is 155 Å². The molecule has 4 heterocycles. The Morgan fingerprint density at radius 2 is 1.92 bits per heavy atom. The lowest BCUT2D eigenvalue weighted by atomic mass is 10.1. The fraction of sp³-hybridized carbons (Fsp3) is 0.667. The Morgan fingerprint density at radius 1 is 1.19 bits per heavy atom. The molecule has 144 valence electrons. The van der Waals surface area contributed by atoms with Crippen molar-refractivity contribution in [3.63, 3.8) is 0 Å². The van der Waals surface area contributed by atoms with Crippen LogP contribution in [0.3, 0.4) is 0 Å². The van der Waals surface area contributed by atoms with Gasteiger partial charge in [0.25, 0.3) is 11.0 Å². The minimum absolute atomic E-state index is 0. The molecule has 1 amide bonds. The van der Waals surface area contributed by atoms with Crippen LogP contribution < -0.4 is 0 Å². The zero-order valence-electron chi connectivity index (χ0n) is 13.9. The molecule has 3 fully saturated rings. The molecule has 3 aliphatic rings. The Kier molecular flexibility index (Phi) is 5.66. The number of rotatable bonds is 4. The Hall–Kier alpha value is -1.88. The summed E-state index contributed by atoms with van der Waals surface area (Å²) in [6.07, 6.45) is 1.61. The molecule has 0 aromatic carbocycles. The van der Waals surface area contributed by atoms with E-state index < -0.39 is 17.3 Å². The lowest BCUT2D eigenvalue weighted by molar-refractivity contribution is -0.769. The van der Waals surface area contributed by atoms with Gasteiger partial charge in [-0.3, -0.25) is 9.69 Å². The average molecular weight is 390 g/mol. The molecule has 3 saturated heterocycles. The maximum atomic E-state index is 12.3. The third-order valence-corrected chi connectivity index (χ3v) is 5.04. The summed E-state index contributed by atoms with van der Waals surface area (Å²) in [6.45, 7) is 3.21. The van der Waals surface area contributed by atoms with Crippen LogP contribution in [-0.4, -0.2) is 84.5 Å². The third-order valence-electron chi connectivity index (χ3n) is 5.04. The maximum Gasteiger partial charge on any atom is 0.294 e. The number of carbonyl (C=O) groups is 1. The molecule has 4 rings (SSSR count). The molecule has 1 aromatic heterocycles. The van der Waals surface area contributed by atoms with Crippen molar-refractivity contribution in [3.05, 3.63) is 34.3 Å². The van der Waals surface area contributed by atoms with Gasteiger partial charge in [-0.1, -0.05) is 0 Å². The molecule has 3 aliphatic heterocycles. The van der Waals surface area contributed by atoms with Gasteiger partial charge in [-0.25, -0.2) is 0 Å². The van der Waals surface area contributed by atoms with Gasteiger partial charge in [-0.2, -0.15) is 0 Å². The maximum absolute atomic E-state index is 12.3. The Bertz CT molecular complexity index is 635. The highest BCUT2D eigenvalue weighted by atomic mass is 35.5. The molecule has 0 unspecified atom stereocenters. The van der Waals surface area contributed by atoms with E-state index in [9.17, 15) is 14.9 Å². The van der Waals surface area contributed by atoms with Gasteiger partial charge in [-0.15, -0.1) is 22.5 Å². The van der Waals surface area contributed by atoms with Crippen LogP contribution >= 0.6 is 12.4 Å². The summed E-state index contributed by atoms with van der Waals surface area (Å²) in [4.78, 5) is 31.5. The number of furan rings is 1. The number of carbonyl (C=O) groups excluding carboxylic acids is 1. The molecule has 26 heavy (non-hydrogen) atoms. The highest BCUT2D eigenvalue weighted by molar-refractivity contribution is 5.93. The largest absolute Gasteiger partial charge is 0.472 e. The molecule has 11 heteroatoms. The van der Waals surface area contributed by atoms with E-state index in [2.05, 4.69) is 9.74 Å². The second-order valence-corrected chi connectivity index (χ2v) is 6.37. The zero-order valence-corrected chi connectivity index (χ0v) is 14.7. The molecule has 10 nitrogen and oxygen atoms in total. The highest BCUT2D eigenvalue weighted by Crippen LogP contribution is 2.32. The Balaban J connectivity index is 0.00000196. The van der Waals surface area contributed by atoms with Crippen molar-refractivity contribution < 1.29 is 28.6 Å². The predicted molar refractivity (Wildman–Crippen MR) is 88.6 cm³/mol. The summed E-state index contributed by atoms with van der Waals surface area (Å²) in [5.74, 6) is -0.0366. The van der Waals surface area contributed by atoms with Crippen LogP contribution in [0.25, 0.3) is 0 Å². The molecule has 0 aliphatic carbocycles. The fourth-order valence-electron chi connectivity index (χ4n) is 3.78. The normalized spacial score (nSPS) is 31.3. The fourth-order valence-corrected chi connectivity index (χ4v) is 3.78. The standard InChI is InChI=1S/C15H19N3O7.ClH/c19-15(10-1-6-22-7-10)17-4-2-16(3-5-17)11-8-23-14-12(25-18(20)21)9-24-13(11)14;/h1,6-7,11-14H,2-5,8-9H2;1H/t11-,12-,13+,14+;/m0./s1. The van der Waals surface area contributed by atoms with Crippen LogP contribution in [0.1, 0.15) is 10.4 Å². The van der Waals surface area contributed by atoms with Crippen LogP contribution in [-0.2, 0) is 14.3 Å². The number of nitrogens with zero attached hydrogens (tertiary/aromatic N) is 3. The van der Waals surface area contributed by atoms with Gasteiger partial charge in [0.1, 0.15) is 18.5 Å². The van der Waals surface area contributed by atoms with Gasteiger partial charge in [0.2, 0.25) is 0 Å². The number of amides is 1.